The monoisotopic (exact) mass is 373 g/mol. The summed E-state index contributed by atoms with van der Waals surface area (Å²) in [6, 6.07) is 4.80. The average Bonchev–Trinajstić information content (AvgIpc) is 3.03. The molecule has 2 aliphatic heterocycles. The van der Waals surface area contributed by atoms with E-state index >= 15 is 0 Å². The largest absolute Gasteiger partial charge is 0.507 e. The Morgan fingerprint density at radius 1 is 1.00 bits per heavy atom. The van der Waals surface area contributed by atoms with Gasteiger partial charge in [-0.3, -0.25) is 4.79 Å². The van der Waals surface area contributed by atoms with Crippen LogP contribution < -0.4 is 10.1 Å². The summed E-state index contributed by atoms with van der Waals surface area (Å²) in [5, 5.41) is 53.1. The van der Waals surface area contributed by atoms with Crippen LogP contribution in [0, 0.1) is 0 Å². The second kappa shape index (κ2) is 6.24. The first-order chi connectivity index (χ1) is 12.8. The highest BCUT2D eigenvalue weighted by Crippen LogP contribution is 2.49. The van der Waals surface area contributed by atoms with E-state index in [-0.39, 0.29) is 41.1 Å². The Kier molecular flexibility index (Phi) is 4.00. The number of amides is 1. The fraction of sp³-hybridized carbons (Fsp3) is 0.316. The van der Waals surface area contributed by atoms with Crippen molar-refractivity contribution in [1.82, 2.24) is 5.32 Å². The maximum absolute atomic E-state index is 11.6. The van der Waals surface area contributed by atoms with Crippen LogP contribution in [0.3, 0.4) is 0 Å². The van der Waals surface area contributed by atoms with Crippen LogP contribution in [0.4, 0.5) is 0 Å². The Hall–Kier alpha value is -3.13. The van der Waals surface area contributed by atoms with Gasteiger partial charge in [-0.25, -0.2) is 0 Å². The predicted octanol–water partition coefficient (Wildman–Crippen LogP) is 1.50. The molecule has 0 aliphatic carbocycles. The summed E-state index contributed by atoms with van der Waals surface area (Å²) in [6.07, 6.45) is -1.07. The maximum Gasteiger partial charge on any atom is 0.220 e. The van der Waals surface area contributed by atoms with Crippen molar-refractivity contribution in [2.75, 3.05) is 0 Å². The normalized spacial score (nSPS) is 24.2. The molecule has 8 heteroatoms. The van der Waals surface area contributed by atoms with Crippen LogP contribution in [0.2, 0.25) is 0 Å². The zero-order valence-electron chi connectivity index (χ0n) is 14.2. The molecule has 6 N–H and O–H groups in total. The number of carbonyl (C=O) groups is 1. The second-order valence-electron chi connectivity index (χ2n) is 6.85. The van der Waals surface area contributed by atoms with Crippen molar-refractivity contribution in [2.24, 2.45) is 0 Å². The molecule has 0 aromatic heterocycles. The van der Waals surface area contributed by atoms with Gasteiger partial charge in [0.05, 0.1) is 17.7 Å². The number of rotatable bonds is 2. The molecule has 2 aromatic rings. The van der Waals surface area contributed by atoms with Crippen LogP contribution in [0.25, 0.3) is 0 Å². The third-order valence-electron chi connectivity index (χ3n) is 5.06. The quantitative estimate of drug-likeness (QED) is 0.438. The van der Waals surface area contributed by atoms with E-state index in [4.69, 9.17) is 4.74 Å². The van der Waals surface area contributed by atoms with Gasteiger partial charge in [0.2, 0.25) is 5.91 Å². The Morgan fingerprint density at radius 2 is 1.78 bits per heavy atom. The summed E-state index contributed by atoms with van der Waals surface area (Å²) < 4.78 is 5.95. The molecule has 1 saturated heterocycles. The minimum absolute atomic E-state index is 0.0570. The standard InChI is InChI=1S/C19H19NO7/c21-11-3-1-8(5-13(11)23)18-15(25)6-9-12(22)7-14(24)17(19(9)27-18)10-2-4-16(26)20-10/h1,3,5,7,10,15,18,21-25H,2,4,6H2,(H,20,26). The van der Waals surface area contributed by atoms with Gasteiger partial charge in [0, 0.05) is 24.5 Å². The van der Waals surface area contributed by atoms with Gasteiger partial charge in [-0.2, -0.15) is 0 Å². The average molecular weight is 373 g/mol. The summed E-state index contributed by atoms with van der Waals surface area (Å²) in [5.74, 6) is -0.992. The van der Waals surface area contributed by atoms with E-state index in [2.05, 4.69) is 5.32 Å². The number of phenolic OH excluding ortho intramolecular Hbond substituents is 4. The molecule has 4 rings (SSSR count). The lowest BCUT2D eigenvalue weighted by atomic mass is 9.90. The number of nitrogens with one attached hydrogen (secondary N) is 1. The molecule has 0 saturated carbocycles. The first-order valence-electron chi connectivity index (χ1n) is 8.58. The Bertz CT molecular complexity index is 927. The lowest BCUT2D eigenvalue weighted by Gasteiger charge is -2.34. The first-order valence-corrected chi connectivity index (χ1v) is 8.58. The van der Waals surface area contributed by atoms with Crippen LogP contribution in [0.15, 0.2) is 24.3 Å². The summed E-state index contributed by atoms with van der Waals surface area (Å²) in [5.41, 5.74) is 1.12. The molecule has 0 radical (unpaired) electrons. The summed E-state index contributed by atoms with van der Waals surface area (Å²) >= 11 is 0. The van der Waals surface area contributed by atoms with E-state index < -0.39 is 18.2 Å². The topological polar surface area (TPSA) is 139 Å². The lowest BCUT2D eigenvalue weighted by Crippen LogP contribution is -2.31. The molecule has 1 fully saturated rings. The molecule has 0 bridgehead atoms. The molecule has 3 unspecified atom stereocenters. The van der Waals surface area contributed by atoms with Crippen LogP contribution in [-0.2, 0) is 11.2 Å². The molecule has 2 heterocycles. The number of phenols is 4. The number of aliphatic hydroxyl groups is 1. The van der Waals surface area contributed by atoms with Gasteiger partial charge in [0.1, 0.15) is 23.4 Å². The summed E-state index contributed by atoms with van der Waals surface area (Å²) in [4.78, 5) is 11.6. The summed E-state index contributed by atoms with van der Waals surface area (Å²) in [7, 11) is 0. The minimum atomic E-state index is -1.03. The SMILES string of the molecule is O=C1CCC(c2c(O)cc(O)c3c2OC(c2ccc(O)c(O)c2)C(O)C3)N1. The van der Waals surface area contributed by atoms with Gasteiger partial charge in [-0.15, -0.1) is 0 Å². The van der Waals surface area contributed by atoms with E-state index in [1.54, 1.807) is 0 Å². The van der Waals surface area contributed by atoms with E-state index in [9.17, 15) is 30.3 Å². The van der Waals surface area contributed by atoms with Crippen LogP contribution in [0.1, 0.15) is 41.7 Å². The molecule has 2 aliphatic rings. The maximum atomic E-state index is 11.6. The van der Waals surface area contributed by atoms with Crippen molar-refractivity contribution in [3.05, 3.63) is 41.0 Å². The highest BCUT2D eigenvalue weighted by molar-refractivity contribution is 5.79. The van der Waals surface area contributed by atoms with Crippen molar-refractivity contribution in [3.8, 4) is 28.7 Å². The van der Waals surface area contributed by atoms with Crippen LogP contribution in [0.5, 0.6) is 28.7 Å². The second-order valence-corrected chi connectivity index (χ2v) is 6.85. The zero-order valence-corrected chi connectivity index (χ0v) is 14.2. The first kappa shape index (κ1) is 17.3. The van der Waals surface area contributed by atoms with Gasteiger partial charge < -0.3 is 35.6 Å². The molecular weight excluding hydrogens is 354 g/mol. The number of aliphatic hydroxyl groups excluding tert-OH is 1. The fourth-order valence-corrected chi connectivity index (χ4v) is 3.72. The van der Waals surface area contributed by atoms with Gasteiger partial charge in [0.15, 0.2) is 11.5 Å². The van der Waals surface area contributed by atoms with Crippen molar-refractivity contribution < 1.29 is 35.1 Å². The van der Waals surface area contributed by atoms with Crippen LogP contribution >= 0.6 is 0 Å². The summed E-state index contributed by atoms with van der Waals surface area (Å²) in [6.45, 7) is 0. The molecule has 8 nitrogen and oxygen atoms in total. The molecule has 3 atom stereocenters. The smallest absolute Gasteiger partial charge is 0.220 e. The number of hydrogen-bond donors (Lipinski definition) is 6. The highest BCUT2D eigenvalue weighted by Gasteiger charge is 2.37. The number of hydrogen-bond acceptors (Lipinski definition) is 7. The van der Waals surface area contributed by atoms with Gasteiger partial charge in [0.25, 0.3) is 0 Å². The van der Waals surface area contributed by atoms with E-state index in [1.165, 1.54) is 24.3 Å². The molecular formula is C19H19NO7. The zero-order chi connectivity index (χ0) is 19.3. The number of benzene rings is 2. The van der Waals surface area contributed by atoms with Crippen molar-refractivity contribution in [1.29, 1.82) is 0 Å². The Labute approximate surface area is 154 Å². The third kappa shape index (κ3) is 2.87. The van der Waals surface area contributed by atoms with Crippen molar-refractivity contribution in [2.45, 2.75) is 37.5 Å². The van der Waals surface area contributed by atoms with Crippen molar-refractivity contribution >= 4 is 5.91 Å². The number of ether oxygens (including phenoxy) is 1. The molecule has 2 aromatic carbocycles. The number of aromatic hydroxyl groups is 4. The van der Waals surface area contributed by atoms with Crippen molar-refractivity contribution in [3.63, 3.8) is 0 Å². The van der Waals surface area contributed by atoms with Crippen LogP contribution in [-0.4, -0.2) is 37.5 Å². The molecule has 142 valence electrons. The van der Waals surface area contributed by atoms with Gasteiger partial charge in [-0.05, 0) is 24.1 Å². The fourth-order valence-electron chi connectivity index (χ4n) is 3.72. The van der Waals surface area contributed by atoms with Gasteiger partial charge in [-0.1, -0.05) is 6.07 Å². The number of carbonyl (C=O) groups excluding carboxylic acids is 1. The lowest BCUT2D eigenvalue weighted by molar-refractivity contribution is -0.119. The minimum Gasteiger partial charge on any atom is -0.507 e. The predicted molar refractivity (Wildman–Crippen MR) is 92.7 cm³/mol. The Balaban J connectivity index is 1.79. The van der Waals surface area contributed by atoms with E-state index in [1.807, 2.05) is 0 Å². The molecule has 27 heavy (non-hydrogen) atoms. The number of fused-ring (bicyclic) bond motifs is 1. The van der Waals surface area contributed by atoms with E-state index in [0.29, 0.717) is 29.5 Å². The molecule has 1 amide bonds. The van der Waals surface area contributed by atoms with Gasteiger partial charge >= 0.3 is 0 Å². The third-order valence-corrected chi connectivity index (χ3v) is 5.06. The molecule has 0 spiro atoms. The van der Waals surface area contributed by atoms with E-state index in [0.717, 1.165) is 0 Å². The highest BCUT2D eigenvalue weighted by atomic mass is 16.5. The Morgan fingerprint density at radius 3 is 2.44 bits per heavy atom.